The summed E-state index contributed by atoms with van der Waals surface area (Å²) >= 11 is 0. The molecule has 2 aliphatic carbocycles. The van der Waals surface area contributed by atoms with Crippen LogP contribution in [0.25, 0.3) is 0 Å². The van der Waals surface area contributed by atoms with E-state index in [0.717, 1.165) is 18.8 Å². The summed E-state index contributed by atoms with van der Waals surface area (Å²) < 4.78 is 0. The summed E-state index contributed by atoms with van der Waals surface area (Å²) in [5.74, 6) is 0.776. The van der Waals surface area contributed by atoms with Crippen LogP contribution >= 0.6 is 0 Å². The van der Waals surface area contributed by atoms with E-state index in [-0.39, 0.29) is 6.10 Å². The van der Waals surface area contributed by atoms with Crippen molar-refractivity contribution >= 4 is 0 Å². The van der Waals surface area contributed by atoms with E-state index in [1.165, 1.54) is 32.1 Å². The highest BCUT2D eigenvalue weighted by molar-refractivity contribution is 4.89. The highest BCUT2D eigenvalue weighted by Crippen LogP contribution is 2.39. The van der Waals surface area contributed by atoms with Gasteiger partial charge in [-0.1, -0.05) is 20.8 Å². The second-order valence-electron chi connectivity index (χ2n) is 7.17. The summed E-state index contributed by atoms with van der Waals surface area (Å²) in [5, 5.41) is 13.5. The molecule has 2 N–H and O–H groups in total. The molecule has 17 heavy (non-hydrogen) atoms. The molecule has 0 radical (unpaired) electrons. The molecule has 4 unspecified atom stereocenters. The third-order valence-corrected chi connectivity index (χ3v) is 4.79. The lowest BCUT2D eigenvalue weighted by Gasteiger charge is -2.42. The van der Waals surface area contributed by atoms with E-state index in [1.54, 1.807) is 0 Å². The molecule has 0 saturated heterocycles. The molecule has 0 bridgehead atoms. The predicted octanol–water partition coefficient (Wildman–Crippen LogP) is 3.09. The Morgan fingerprint density at radius 2 is 1.94 bits per heavy atom. The summed E-state index contributed by atoms with van der Waals surface area (Å²) in [7, 11) is 0. The van der Waals surface area contributed by atoms with Crippen molar-refractivity contribution in [2.45, 2.75) is 83.9 Å². The zero-order chi connectivity index (χ0) is 12.5. The van der Waals surface area contributed by atoms with Crippen molar-refractivity contribution in [1.82, 2.24) is 5.32 Å². The fourth-order valence-corrected chi connectivity index (χ4v) is 3.81. The average molecular weight is 239 g/mol. The molecular weight excluding hydrogens is 210 g/mol. The zero-order valence-electron chi connectivity index (χ0n) is 11.7. The predicted molar refractivity (Wildman–Crippen MR) is 72.0 cm³/mol. The standard InChI is InChI=1S/C15H29NO/c1-11-10-15(2,3)8-7-14(11)16-12-5-4-6-13(17)9-12/h11-14,16-17H,4-10H2,1-3H3. The first kappa shape index (κ1) is 13.4. The molecular formula is C15H29NO. The molecule has 2 aliphatic rings. The van der Waals surface area contributed by atoms with Crippen LogP contribution in [0.4, 0.5) is 0 Å². The molecule has 2 heteroatoms. The molecule has 0 aliphatic heterocycles. The minimum absolute atomic E-state index is 0.0587. The van der Waals surface area contributed by atoms with Crippen molar-refractivity contribution in [3.05, 3.63) is 0 Å². The van der Waals surface area contributed by atoms with Gasteiger partial charge in [0, 0.05) is 12.1 Å². The van der Waals surface area contributed by atoms with Crippen LogP contribution < -0.4 is 5.32 Å². The van der Waals surface area contributed by atoms with Gasteiger partial charge in [-0.3, -0.25) is 0 Å². The lowest BCUT2D eigenvalue weighted by molar-refractivity contribution is 0.0900. The third-order valence-electron chi connectivity index (χ3n) is 4.79. The van der Waals surface area contributed by atoms with Gasteiger partial charge in [-0.25, -0.2) is 0 Å². The van der Waals surface area contributed by atoms with Crippen molar-refractivity contribution in [1.29, 1.82) is 0 Å². The molecule has 2 saturated carbocycles. The van der Waals surface area contributed by atoms with Crippen LogP contribution in [0.15, 0.2) is 0 Å². The van der Waals surface area contributed by atoms with Crippen molar-refractivity contribution in [2.75, 3.05) is 0 Å². The monoisotopic (exact) mass is 239 g/mol. The molecule has 0 heterocycles. The average Bonchev–Trinajstić information content (AvgIpc) is 2.22. The molecule has 4 atom stereocenters. The van der Waals surface area contributed by atoms with Gasteiger partial charge in [0.05, 0.1) is 6.10 Å². The van der Waals surface area contributed by atoms with E-state index in [1.807, 2.05) is 0 Å². The van der Waals surface area contributed by atoms with Gasteiger partial charge in [-0.05, 0) is 56.3 Å². The van der Waals surface area contributed by atoms with Gasteiger partial charge in [-0.15, -0.1) is 0 Å². The quantitative estimate of drug-likeness (QED) is 0.776. The molecule has 0 amide bonds. The Balaban J connectivity index is 1.83. The Bertz CT molecular complexity index is 251. The molecule has 2 rings (SSSR count). The number of nitrogens with one attached hydrogen (secondary N) is 1. The van der Waals surface area contributed by atoms with E-state index in [2.05, 4.69) is 26.1 Å². The minimum Gasteiger partial charge on any atom is -0.393 e. The van der Waals surface area contributed by atoms with Gasteiger partial charge in [0.15, 0.2) is 0 Å². The second-order valence-corrected chi connectivity index (χ2v) is 7.17. The zero-order valence-corrected chi connectivity index (χ0v) is 11.7. The fraction of sp³-hybridized carbons (Fsp3) is 1.00. The van der Waals surface area contributed by atoms with Crippen LogP contribution in [-0.2, 0) is 0 Å². The Morgan fingerprint density at radius 3 is 2.59 bits per heavy atom. The summed E-state index contributed by atoms with van der Waals surface area (Å²) in [6.45, 7) is 7.17. The van der Waals surface area contributed by atoms with Crippen LogP contribution in [0.1, 0.15) is 65.7 Å². The molecule has 0 aromatic heterocycles. The van der Waals surface area contributed by atoms with Crippen molar-refractivity contribution in [3.63, 3.8) is 0 Å². The lowest BCUT2D eigenvalue weighted by Crippen LogP contribution is -2.48. The summed E-state index contributed by atoms with van der Waals surface area (Å²) in [4.78, 5) is 0. The lowest BCUT2D eigenvalue weighted by atomic mass is 9.70. The van der Waals surface area contributed by atoms with Gasteiger partial charge < -0.3 is 10.4 Å². The maximum Gasteiger partial charge on any atom is 0.0555 e. The van der Waals surface area contributed by atoms with Gasteiger partial charge in [0.2, 0.25) is 0 Å². The molecule has 2 nitrogen and oxygen atoms in total. The third kappa shape index (κ3) is 3.69. The highest BCUT2D eigenvalue weighted by Gasteiger charge is 2.33. The van der Waals surface area contributed by atoms with Crippen molar-refractivity contribution in [3.8, 4) is 0 Å². The highest BCUT2D eigenvalue weighted by atomic mass is 16.3. The molecule has 0 aromatic carbocycles. The molecule has 2 fully saturated rings. The van der Waals surface area contributed by atoms with Gasteiger partial charge >= 0.3 is 0 Å². The topological polar surface area (TPSA) is 32.3 Å². The van der Waals surface area contributed by atoms with Gasteiger partial charge in [0.25, 0.3) is 0 Å². The van der Waals surface area contributed by atoms with Gasteiger partial charge in [0.1, 0.15) is 0 Å². The minimum atomic E-state index is -0.0587. The molecule has 0 spiro atoms. The van der Waals surface area contributed by atoms with E-state index >= 15 is 0 Å². The summed E-state index contributed by atoms with van der Waals surface area (Å²) in [5.41, 5.74) is 0.531. The van der Waals surface area contributed by atoms with Crippen LogP contribution in [0.3, 0.4) is 0 Å². The van der Waals surface area contributed by atoms with E-state index < -0.39 is 0 Å². The largest absolute Gasteiger partial charge is 0.393 e. The molecule has 0 aromatic rings. The fourth-order valence-electron chi connectivity index (χ4n) is 3.81. The van der Waals surface area contributed by atoms with E-state index in [4.69, 9.17) is 0 Å². The first-order valence-corrected chi connectivity index (χ1v) is 7.40. The number of aliphatic hydroxyl groups excluding tert-OH is 1. The smallest absolute Gasteiger partial charge is 0.0555 e. The van der Waals surface area contributed by atoms with Crippen LogP contribution in [0.5, 0.6) is 0 Å². The van der Waals surface area contributed by atoms with Crippen LogP contribution in [0.2, 0.25) is 0 Å². The van der Waals surface area contributed by atoms with E-state index in [0.29, 0.717) is 17.5 Å². The summed E-state index contributed by atoms with van der Waals surface area (Å²) in [6, 6.07) is 1.24. The number of rotatable bonds is 2. The summed E-state index contributed by atoms with van der Waals surface area (Å²) in [6.07, 6.45) is 8.33. The Kier molecular flexibility index (Phi) is 4.14. The molecule has 100 valence electrons. The number of hydrogen-bond donors (Lipinski definition) is 2. The second kappa shape index (κ2) is 5.27. The maximum atomic E-state index is 9.72. The first-order valence-electron chi connectivity index (χ1n) is 7.40. The van der Waals surface area contributed by atoms with Crippen LogP contribution in [-0.4, -0.2) is 23.3 Å². The Hall–Kier alpha value is -0.0800. The maximum absolute atomic E-state index is 9.72. The van der Waals surface area contributed by atoms with Crippen molar-refractivity contribution in [2.24, 2.45) is 11.3 Å². The number of aliphatic hydroxyl groups is 1. The van der Waals surface area contributed by atoms with E-state index in [9.17, 15) is 5.11 Å². The normalized spacial score (nSPS) is 42.4. The van der Waals surface area contributed by atoms with Crippen molar-refractivity contribution < 1.29 is 5.11 Å². The first-order chi connectivity index (χ1) is 7.96. The van der Waals surface area contributed by atoms with Crippen LogP contribution in [0, 0.1) is 11.3 Å². The SMILES string of the molecule is CC1CC(C)(C)CCC1NC1CCCC(O)C1. The Morgan fingerprint density at radius 1 is 1.18 bits per heavy atom. The number of hydrogen-bond acceptors (Lipinski definition) is 2. The Labute approximate surface area is 106 Å². The van der Waals surface area contributed by atoms with Gasteiger partial charge in [-0.2, -0.15) is 0 Å².